The first-order valence-corrected chi connectivity index (χ1v) is 9.49. The van der Waals surface area contributed by atoms with E-state index in [0.717, 1.165) is 16.1 Å². The van der Waals surface area contributed by atoms with Crippen LogP contribution in [0.15, 0.2) is 48.1 Å². The van der Waals surface area contributed by atoms with E-state index in [1.165, 1.54) is 11.3 Å². The van der Waals surface area contributed by atoms with Crippen LogP contribution in [0.4, 0.5) is 0 Å². The lowest BCUT2D eigenvalue weighted by atomic mass is 10.2. The van der Waals surface area contributed by atoms with Gasteiger partial charge in [-0.2, -0.15) is 5.10 Å². The van der Waals surface area contributed by atoms with Crippen LogP contribution in [0.1, 0.15) is 23.0 Å². The lowest BCUT2D eigenvalue weighted by Crippen LogP contribution is -2.39. The average Bonchev–Trinajstić information content (AvgIpc) is 3.33. The molecule has 0 aliphatic heterocycles. The third kappa shape index (κ3) is 4.79. The van der Waals surface area contributed by atoms with Crippen LogP contribution in [-0.4, -0.2) is 44.6 Å². The summed E-state index contributed by atoms with van der Waals surface area (Å²) in [6, 6.07) is 9.78. The molecule has 0 atom stereocenters. The van der Waals surface area contributed by atoms with Crippen molar-refractivity contribution in [3.05, 3.63) is 59.4 Å². The molecular weight excluding hydrogens is 362 g/mol. The number of benzene rings is 1. The number of rotatable bonds is 7. The standard InChI is InChI=1S/C19H21N5O2S/c1-3-24(11-14-7-5-4-6-8-14)17(25)10-20-18(26)16-13-27-19(22-16)15-9-21-23(2)12-15/h4-9,12-13H,3,10-11H2,1-2H3,(H,20,26). The first kappa shape index (κ1) is 18.8. The molecule has 0 unspecified atom stereocenters. The molecule has 0 aliphatic carbocycles. The summed E-state index contributed by atoms with van der Waals surface area (Å²) in [5.41, 5.74) is 2.22. The van der Waals surface area contributed by atoms with Gasteiger partial charge >= 0.3 is 0 Å². The zero-order valence-corrected chi connectivity index (χ0v) is 16.1. The minimum atomic E-state index is -0.356. The number of hydrogen-bond acceptors (Lipinski definition) is 5. The van der Waals surface area contributed by atoms with Gasteiger partial charge in [0.1, 0.15) is 10.7 Å². The third-order valence-electron chi connectivity index (χ3n) is 4.04. The van der Waals surface area contributed by atoms with Crippen molar-refractivity contribution in [1.82, 2.24) is 25.0 Å². The molecule has 0 saturated carbocycles. The number of nitrogens with one attached hydrogen (secondary N) is 1. The molecule has 0 aliphatic rings. The normalized spacial score (nSPS) is 10.6. The number of nitrogens with zero attached hydrogens (tertiary/aromatic N) is 4. The molecule has 8 heteroatoms. The zero-order valence-electron chi connectivity index (χ0n) is 15.3. The van der Waals surface area contributed by atoms with Crippen molar-refractivity contribution < 1.29 is 9.59 Å². The van der Waals surface area contributed by atoms with E-state index in [2.05, 4.69) is 15.4 Å². The monoisotopic (exact) mass is 383 g/mol. The van der Waals surface area contributed by atoms with Gasteiger partial charge in [0.05, 0.1) is 12.7 Å². The molecule has 140 valence electrons. The number of amides is 2. The summed E-state index contributed by atoms with van der Waals surface area (Å²) in [7, 11) is 1.82. The molecule has 27 heavy (non-hydrogen) atoms. The second-order valence-corrected chi connectivity index (χ2v) is 6.87. The largest absolute Gasteiger partial charge is 0.342 e. The van der Waals surface area contributed by atoms with Crippen LogP contribution in [0.3, 0.4) is 0 Å². The van der Waals surface area contributed by atoms with Gasteiger partial charge in [-0.15, -0.1) is 11.3 Å². The van der Waals surface area contributed by atoms with Crippen molar-refractivity contribution in [3.63, 3.8) is 0 Å². The molecule has 0 spiro atoms. The lowest BCUT2D eigenvalue weighted by molar-refractivity contribution is -0.130. The highest BCUT2D eigenvalue weighted by Crippen LogP contribution is 2.22. The second-order valence-electron chi connectivity index (χ2n) is 6.02. The first-order chi connectivity index (χ1) is 13.1. The Morgan fingerprint density at radius 1 is 1.26 bits per heavy atom. The van der Waals surface area contributed by atoms with E-state index >= 15 is 0 Å². The van der Waals surface area contributed by atoms with Crippen molar-refractivity contribution >= 4 is 23.2 Å². The van der Waals surface area contributed by atoms with Crippen LogP contribution in [0.2, 0.25) is 0 Å². The summed E-state index contributed by atoms with van der Waals surface area (Å²) in [5.74, 6) is -0.483. The summed E-state index contributed by atoms with van der Waals surface area (Å²) in [6.45, 7) is 2.96. The number of carbonyl (C=O) groups excluding carboxylic acids is 2. The fourth-order valence-corrected chi connectivity index (χ4v) is 3.36. The molecule has 1 aromatic carbocycles. The SMILES string of the molecule is CCN(Cc1ccccc1)C(=O)CNC(=O)c1csc(-c2cnn(C)c2)n1. The van der Waals surface area contributed by atoms with Crippen LogP contribution in [0, 0.1) is 0 Å². The van der Waals surface area contributed by atoms with Gasteiger partial charge < -0.3 is 10.2 Å². The maximum absolute atomic E-state index is 12.4. The molecule has 7 nitrogen and oxygen atoms in total. The van der Waals surface area contributed by atoms with Gasteiger partial charge in [0.2, 0.25) is 5.91 Å². The van der Waals surface area contributed by atoms with Gasteiger partial charge in [0.15, 0.2) is 0 Å². The molecule has 0 bridgehead atoms. The zero-order chi connectivity index (χ0) is 19.2. The lowest BCUT2D eigenvalue weighted by Gasteiger charge is -2.21. The van der Waals surface area contributed by atoms with Crippen LogP contribution in [0.5, 0.6) is 0 Å². The molecule has 0 saturated heterocycles. The smallest absolute Gasteiger partial charge is 0.271 e. The molecule has 2 heterocycles. The third-order valence-corrected chi connectivity index (χ3v) is 4.93. The summed E-state index contributed by atoms with van der Waals surface area (Å²) >= 11 is 1.37. The number of thiazole rings is 1. The Morgan fingerprint density at radius 3 is 2.70 bits per heavy atom. The number of hydrogen-bond donors (Lipinski definition) is 1. The highest BCUT2D eigenvalue weighted by molar-refractivity contribution is 7.13. The Hall–Kier alpha value is -3.00. The van der Waals surface area contributed by atoms with E-state index in [1.807, 2.05) is 50.5 Å². The van der Waals surface area contributed by atoms with Crippen molar-refractivity contribution in [3.8, 4) is 10.6 Å². The van der Waals surface area contributed by atoms with Crippen LogP contribution < -0.4 is 5.32 Å². The Labute approximate surface area is 161 Å². The molecule has 2 amide bonds. The quantitative estimate of drug-likeness (QED) is 0.679. The predicted molar refractivity (Wildman–Crippen MR) is 104 cm³/mol. The van der Waals surface area contributed by atoms with E-state index in [4.69, 9.17) is 0 Å². The van der Waals surface area contributed by atoms with Crippen LogP contribution >= 0.6 is 11.3 Å². The van der Waals surface area contributed by atoms with Crippen molar-refractivity contribution in [1.29, 1.82) is 0 Å². The van der Waals surface area contributed by atoms with Crippen LogP contribution in [-0.2, 0) is 18.4 Å². The Bertz CT molecular complexity index is 919. The highest BCUT2D eigenvalue weighted by atomic mass is 32.1. The minimum Gasteiger partial charge on any atom is -0.342 e. The van der Waals surface area contributed by atoms with Gasteiger partial charge in [0.25, 0.3) is 5.91 Å². The minimum absolute atomic E-state index is 0.0563. The predicted octanol–water partition coefficient (Wildman–Crippen LogP) is 2.32. The molecule has 3 aromatic rings. The maximum Gasteiger partial charge on any atom is 0.271 e. The van der Waals surface area contributed by atoms with E-state index < -0.39 is 0 Å². The van der Waals surface area contributed by atoms with Crippen LogP contribution in [0.25, 0.3) is 10.6 Å². The molecule has 3 rings (SSSR count). The van der Waals surface area contributed by atoms with Crippen molar-refractivity contribution in [2.45, 2.75) is 13.5 Å². The fraction of sp³-hybridized carbons (Fsp3) is 0.263. The fourth-order valence-electron chi connectivity index (χ4n) is 2.58. The summed E-state index contributed by atoms with van der Waals surface area (Å²) < 4.78 is 1.68. The van der Waals surface area contributed by atoms with Gasteiger partial charge in [-0.25, -0.2) is 4.98 Å². The topological polar surface area (TPSA) is 80.1 Å². The molecule has 0 fully saturated rings. The second kappa shape index (κ2) is 8.59. The number of carbonyl (C=O) groups is 2. The highest BCUT2D eigenvalue weighted by Gasteiger charge is 2.16. The molecular formula is C19H21N5O2S. The summed E-state index contributed by atoms with van der Waals surface area (Å²) in [4.78, 5) is 30.8. The van der Waals surface area contributed by atoms with E-state index in [0.29, 0.717) is 18.8 Å². The molecule has 2 aromatic heterocycles. The average molecular weight is 383 g/mol. The number of aryl methyl sites for hydroxylation is 1. The van der Waals surface area contributed by atoms with Gasteiger partial charge in [-0.05, 0) is 12.5 Å². The maximum atomic E-state index is 12.4. The van der Waals surface area contributed by atoms with Gasteiger partial charge in [-0.3, -0.25) is 14.3 Å². The number of aromatic nitrogens is 3. The van der Waals surface area contributed by atoms with Gasteiger partial charge in [0, 0.05) is 37.3 Å². The van der Waals surface area contributed by atoms with E-state index in [-0.39, 0.29) is 18.4 Å². The van der Waals surface area contributed by atoms with Crippen molar-refractivity contribution in [2.75, 3.05) is 13.1 Å². The first-order valence-electron chi connectivity index (χ1n) is 8.61. The Balaban J connectivity index is 1.56. The molecule has 0 radical (unpaired) electrons. The van der Waals surface area contributed by atoms with E-state index in [9.17, 15) is 9.59 Å². The summed E-state index contributed by atoms with van der Waals surface area (Å²) in [5, 5.41) is 9.17. The Kier molecular flexibility index (Phi) is 5.97. The van der Waals surface area contributed by atoms with Crippen molar-refractivity contribution in [2.24, 2.45) is 7.05 Å². The number of likely N-dealkylation sites (N-methyl/N-ethyl adjacent to an activating group) is 1. The van der Waals surface area contributed by atoms with E-state index in [1.54, 1.807) is 21.2 Å². The van der Waals surface area contributed by atoms with Gasteiger partial charge in [-0.1, -0.05) is 30.3 Å². The molecule has 1 N–H and O–H groups in total. The summed E-state index contributed by atoms with van der Waals surface area (Å²) in [6.07, 6.45) is 3.54. The Morgan fingerprint density at radius 2 is 2.04 bits per heavy atom.